The fourth-order valence-corrected chi connectivity index (χ4v) is 2.89. The van der Waals surface area contributed by atoms with E-state index in [1.54, 1.807) is 24.9 Å². The molecule has 28 heavy (non-hydrogen) atoms. The summed E-state index contributed by atoms with van der Waals surface area (Å²) >= 11 is 1.66. The van der Waals surface area contributed by atoms with E-state index in [9.17, 15) is 9.59 Å². The number of rotatable bonds is 7. The number of aromatic nitrogens is 1. The quantitative estimate of drug-likeness (QED) is 0.344. The Hall–Kier alpha value is -3.06. The zero-order chi connectivity index (χ0) is 19.9. The van der Waals surface area contributed by atoms with Crippen molar-refractivity contribution >= 4 is 40.8 Å². The van der Waals surface area contributed by atoms with Gasteiger partial charge in [0.25, 0.3) is 5.91 Å². The highest BCUT2D eigenvalue weighted by atomic mass is 32.2. The third-order valence-corrected chi connectivity index (χ3v) is 4.76. The van der Waals surface area contributed by atoms with Crippen molar-refractivity contribution < 1.29 is 18.7 Å². The maximum atomic E-state index is 12.2. The van der Waals surface area contributed by atoms with Crippen LogP contribution in [-0.4, -0.2) is 41.7 Å². The standard InChI is InChI=1S/C21H20N2O4S/c1-23(13-15-7-9-16(28-2)10-8-15)20(24)14-26-21(25)12-11-19-22-17-5-3-4-6-18(17)27-19/h3-12H,13-14H2,1-2H3/b12-11+. The number of para-hydroxylation sites is 2. The second-order valence-corrected chi connectivity index (χ2v) is 6.94. The molecule has 0 bridgehead atoms. The molecule has 0 saturated heterocycles. The molecule has 0 radical (unpaired) electrons. The predicted molar refractivity (Wildman–Crippen MR) is 109 cm³/mol. The monoisotopic (exact) mass is 396 g/mol. The summed E-state index contributed by atoms with van der Waals surface area (Å²) in [6.07, 6.45) is 4.63. The van der Waals surface area contributed by atoms with Crippen LogP contribution in [0.15, 0.2) is 63.9 Å². The molecule has 0 aliphatic heterocycles. The number of benzene rings is 2. The van der Waals surface area contributed by atoms with Crippen LogP contribution in [0, 0.1) is 0 Å². The lowest BCUT2D eigenvalue weighted by atomic mass is 10.2. The van der Waals surface area contributed by atoms with E-state index in [1.807, 2.05) is 48.7 Å². The largest absolute Gasteiger partial charge is 0.452 e. The van der Waals surface area contributed by atoms with Crippen LogP contribution in [0.25, 0.3) is 17.2 Å². The maximum absolute atomic E-state index is 12.2. The van der Waals surface area contributed by atoms with Crippen LogP contribution in [0.3, 0.4) is 0 Å². The fourth-order valence-electron chi connectivity index (χ4n) is 2.48. The molecule has 0 spiro atoms. The molecule has 3 aromatic rings. The molecule has 1 aromatic heterocycles. The molecule has 0 N–H and O–H groups in total. The van der Waals surface area contributed by atoms with E-state index in [2.05, 4.69) is 4.98 Å². The van der Waals surface area contributed by atoms with Gasteiger partial charge in [-0.2, -0.15) is 0 Å². The smallest absolute Gasteiger partial charge is 0.331 e. The Labute approximate surface area is 167 Å². The summed E-state index contributed by atoms with van der Waals surface area (Å²) in [5, 5.41) is 0. The topological polar surface area (TPSA) is 72.6 Å². The first-order valence-corrected chi connectivity index (χ1v) is 9.85. The number of oxazole rings is 1. The first-order chi connectivity index (χ1) is 13.5. The number of esters is 1. The summed E-state index contributed by atoms with van der Waals surface area (Å²) in [5.74, 6) is -0.610. The fraction of sp³-hybridized carbons (Fsp3) is 0.190. The van der Waals surface area contributed by atoms with Gasteiger partial charge in [-0.25, -0.2) is 9.78 Å². The number of fused-ring (bicyclic) bond motifs is 1. The molecule has 0 aliphatic rings. The number of ether oxygens (including phenoxy) is 1. The molecule has 0 aliphatic carbocycles. The first-order valence-electron chi connectivity index (χ1n) is 8.62. The van der Waals surface area contributed by atoms with Gasteiger partial charge in [-0.3, -0.25) is 4.79 Å². The summed E-state index contributed by atoms with van der Waals surface area (Å²) in [7, 11) is 1.67. The number of carbonyl (C=O) groups is 2. The summed E-state index contributed by atoms with van der Waals surface area (Å²) in [5.41, 5.74) is 2.35. The van der Waals surface area contributed by atoms with Crippen molar-refractivity contribution in [3.63, 3.8) is 0 Å². The van der Waals surface area contributed by atoms with E-state index in [-0.39, 0.29) is 12.5 Å². The van der Waals surface area contributed by atoms with Gasteiger partial charge in [-0.15, -0.1) is 11.8 Å². The third kappa shape index (κ3) is 5.23. The van der Waals surface area contributed by atoms with E-state index in [0.717, 1.165) is 10.5 Å². The minimum absolute atomic E-state index is 0.280. The Balaban J connectivity index is 1.48. The Morgan fingerprint density at radius 3 is 2.64 bits per heavy atom. The molecular weight excluding hydrogens is 376 g/mol. The molecule has 3 rings (SSSR count). The molecule has 6 nitrogen and oxygen atoms in total. The SMILES string of the molecule is CSc1ccc(CN(C)C(=O)COC(=O)/C=C/c2nc3ccccc3o2)cc1. The predicted octanol–water partition coefficient (Wildman–Crippen LogP) is 3.76. The van der Waals surface area contributed by atoms with E-state index in [1.165, 1.54) is 17.1 Å². The van der Waals surface area contributed by atoms with Crippen molar-refractivity contribution in [3.05, 3.63) is 66.1 Å². The third-order valence-electron chi connectivity index (χ3n) is 4.01. The van der Waals surface area contributed by atoms with Crippen LogP contribution in [0.2, 0.25) is 0 Å². The highest BCUT2D eigenvalue weighted by molar-refractivity contribution is 7.98. The van der Waals surface area contributed by atoms with E-state index in [4.69, 9.17) is 9.15 Å². The van der Waals surface area contributed by atoms with Gasteiger partial charge in [0.15, 0.2) is 12.2 Å². The molecule has 0 atom stereocenters. The number of likely N-dealkylation sites (N-methyl/N-ethyl adjacent to an activating group) is 1. The van der Waals surface area contributed by atoms with Crippen LogP contribution in [0.1, 0.15) is 11.5 Å². The van der Waals surface area contributed by atoms with Crippen LogP contribution >= 0.6 is 11.8 Å². The zero-order valence-electron chi connectivity index (χ0n) is 15.6. The van der Waals surface area contributed by atoms with Crippen molar-refractivity contribution in [1.29, 1.82) is 0 Å². The van der Waals surface area contributed by atoms with Gasteiger partial charge in [0.05, 0.1) is 0 Å². The molecule has 1 amide bonds. The number of amides is 1. The molecular formula is C21H20N2O4S. The number of hydrogen-bond acceptors (Lipinski definition) is 6. The highest BCUT2D eigenvalue weighted by Crippen LogP contribution is 2.16. The summed E-state index contributed by atoms with van der Waals surface area (Å²) in [4.78, 5) is 30.9. The van der Waals surface area contributed by atoms with Gasteiger partial charge in [0.1, 0.15) is 5.52 Å². The minimum Gasteiger partial charge on any atom is -0.452 e. The van der Waals surface area contributed by atoms with Crippen molar-refractivity contribution in [1.82, 2.24) is 9.88 Å². The van der Waals surface area contributed by atoms with E-state index < -0.39 is 5.97 Å². The second kappa shape index (κ2) is 9.23. The van der Waals surface area contributed by atoms with Crippen molar-refractivity contribution in [2.45, 2.75) is 11.4 Å². The maximum Gasteiger partial charge on any atom is 0.331 e. The van der Waals surface area contributed by atoms with E-state index >= 15 is 0 Å². The summed E-state index contributed by atoms with van der Waals surface area (Å²) in [6, 6.07) is 15.3. The van der Waals surface area contributed by atoms with Crippen LogP contribution in [0.5, 0.6) is 0 Å². The van der Waals surface area contributed by atoms with Crippen LogP contribution in [0.4, 0.5) is 0 Å². The number of hydrogen-bond donors (Lipinski definition) is 0. The van der Waals surface area contributed by atoms with E-state index in [0.29, 0.717) is 23.5 Å². The lowest BCUT2D eigenvalue weighted by molar-refractivity contribution is -0.147. The van der Waals surface area contributed by atoms with Gasteiger partial charge in [0, 0.05) is 30.6 Å². The van der Waals surface area contributed by atoms with Crippen LogP contribution in [-0.2, 0) is 20.9 Å². The van der Waals surface area contributed by atoms with Crippen molar-refractivity contribution in [2.24, 2.45) is 0 Å². The zero-order valence-corrected chi connectivity index (χ0v) is 16.4. The first kappa shape index (κ1) is 19.7. The van der Waals surface area contributed by atoms with Gasteiger partial charge < -0.3 is 14.1 Å². The summed E-state index contributed by atoms with van der Waals surface area (Å²) in [6.45, 7) is 0.125. The Morgan fingerprint density at radius 1 is 1.18 bits per heavy atom. The normalized spacial score (nSPS) is 11.1. The average molecular weight is 396 g/mol. The Morgan fingerprint density at radius 2 is 1.93 bits per heavy atom. The summed E-state index contributed by atoms with van der Waals surface area (Å²) < 4.78 is 10.5. The van der Waals surface area contributed by atoms with Gasteiger partial charge in [-0.05, 0) is 36.1 Å². The van der Waals surface area contributed by atoms with Crippen molar-refractivity contribution in [2.75, 3.05) is 19.9 Å². The molecule has 0 unspecified atom stereocenters. The van der Waals surface area contributed by atoms with Gasteiger partial charge in [-0.1, -0.05) is 24.3 Å². The molecule has 0 saturated carbocycles. The second-order valence-electron chi connectivity index (χ2n) is 6.06. The number of nitrogens with zero attached hydrogens (tertiary/aromatic N) is 2. The minimum atomic E-state index is -0.631. The molecule has 2 aromatic carbocycles. The highest BCUT2D eigenvalue weighted by Gasteiger charge is 2.12. The van der Waals surface area contributed by atoms with Crippen LogP contribution < -0.4 is 0 Å². The van der Waals surface area contributed by atoms with Gasteiger partial charge >= 0.3 is 5.97 Å². The molecule has 0 fully saturated rings. The van der Waals surface area contributed by atoms with Gasteiger partial charge in [0.2, 0.25) is 5.89 Å². The number of carbonyl (C=O) groups excluding carboxylic acids is 2. The average Bonchev–Trinajstić information content (AvgIpc) is 3.14. The Bertz CT molecular complexity index is 962. The van der Waals surface area contributed by atoms with Crippen molar-refractivity contribution in [3.8, 4) is 0 Å². The number of thioether (sulfide) groups is 1. The lowest BCUT2D eigenvalue weighted by Crippen LogP contribution is -2.30. The molecule has 7 heteroatoms. The Kier molecular flexibility index (Phi) is 6.49. The lowest BCUT2D eigenvalue weighted by Gasteiger charge is -2.17. The molecule has 1 heterocycles. The molecule has 144 valence electrons.